The Morgan fingerprint density at radius 3 is 2.44 bits per heavy atom. The van der Waals surface area contributed by atoms with Crippen molar-refractivity contribution in [2.75, 3.05) is 33.8 Å². The van der Waals surface area contributed by atoms with Crippen LogP contribution in [0.4, 0.5) is 0 Å². The number of fused-ring (bicyclic) bond motifs is 1. The van der Waals surface area contributed by atoms with Crippen LogP contribution >= 0.6 is 12.4 Å². The molecule has 1 aromatic heterocycles. The highest BCUT2D eigenvalue weighted by Crippen LogP contribution is 2.44. The standard InChI is InChI=1S/C20H26N4O2.ClH/c1-13-9-18(21-23(13)3)20(25)24-11-15-10-22(2)19(17(15)12-24)14-5-7-16(26-4)8-6-14;/h5-9,15,17,19H,10-12H2,1-4H3;1H/t15-,17+,19+;/m0./s1. The summed E-state index contributed by atoms with van der Waals surface area (Å²) in [5.74, 6) is 1.90. The van der Waals surface area contributed by atoms with E-state index in [0.717, 1.165) is 31.1 Å². The Balaban J connectivity index is 0.00000210. The first-order chi connectivity index (χ1) is 12.5. The zero-order valence-electron chi connectivity index (χ0n) is 16.3. The summed E-state index contributed by atoms with van der Waals surface area (Å²) in [5, 5.41) is 4.36. The second kappa shape index (κ2) is 7.52. The molecule has 1 amide bonds. The number of likely N-dealkylation sites (tertiary alicyclic amines) is 2. The molecule has 1 aromatic carbocycles. The zero-order valence-corrected chi connectivity index (χ0v) is 17.1. The van der Waals surface area contributed by atoms with Crippen LogP contribution in [0.1, 0.15) is 27.8 Å². The predicted octanol–water partition coefficient (Wildman–Crippen LogP) is 2.53. The summed E-state index contributed by atoms with van der Waals surface area (Å²) < 4.78 is 7.04. The Labute approximate surface area is 166 Å². The number of nitrogens with zero attached hydrogens (tertiary/aromatic N) is 4. The highest BCUT2D eigenvalue weighted by molar-refractivity contribution is 5.92. The molecule has 0 saturated carbocycles. The summed E-state index contributed by atoms with van der Waals surface area (Å²) in [4.78, 5) is 17.3. The number of methoxy groups -OCH3 is 1. The number of halogens is 1. The normalized spacial score (nSPS) is 24.6. The summed E-state index contributed by atoms with van der Waals surface area (Å²) in [6, 6.07) is 10.6. The van der Waals surface area contributed by atoms with Crippen LogP contribution in [0.15, 0.2) is 30.3 Å². The smallest absolute Gasteiger partial charge is 0.274 e. The fraction of sp³-hybridized carbons (Fsp3) is 0.500. The molecule has 3 atom stereocenters. The number of hydrogen-bond donors (Lipinski definition) is 0. The molecule has 0 bridgehead atoms. The van der Waals surface area contributed by atoms with Crippen LogP contribution < -0.4 is 4.74 Å². The van der Waals surface area contributed by atoms with Gasteiger partial charge in [0.05, 0.1) is 7.11 Å². The first kappa shape index (κ1) is 19.7. The van der Waals surface area contributed by atoms with Crippen molar-refractivity contribution in [3.63, 3.8) is 0 Å². The molecule has 0 spiro atoms. The Hall–Kier alpha value is -2.05. The van der Waals surface area contributed by atoms with E-state index >= 15 is 0 Å². The lowest BCUT2D eigenvalue weighted by atomic mass is 9.89. The van der Waals surface area contributed by atoms with E-state index in [9.17, 15) is 4.79 Å². The highest BCUT2D eigenvalue weighted by Gasteiger charge is 2.47. The van der Waals surface area contributed by atoms with Crippen LogP contribution in [0.25, 0.3) is 0 Å². The molecule has 2 aromatic rings. The summed E-state index contributed by atoms with van der Waals surface area (Å²) in [5.41, 5.74) is 2.85. The number of amides is 1. The molecule has 6 nitrogen and oxygen atoms in total. The molecule has 2 aliphatic heterocycles. The lowest BCUT2D eigenvalue weighted by molar-refractivity contribution is 0.0761. The third-order valence-corrected chi connectivity index (χ3v) is 5.97. The number of rotatable bonds is 3. The third kappa shape index (κ3) is 3.44. The second-order valence-electron chi connectivity index (χ2n) is 7.59. The minimum atomic E-state index is 0. The van der Waals surface area contributed by atoms with Gasteiger partial charge in [0, 0.05) is 44.3 Å². The van der Waals surface area contributed by atoms with Crippen molar-refractivity contribution in [2.45, 2.75) is 13.0 Å². The van der Waals surface area contributed by atoms with Gasteiger partial charge in [0.1, 0.15) is 5.75 Å². The van der Waals surface area contributed by atoms with Crippen molar-refractivity contribution < 1.29 is 9.53 Å². The van der Waals surface area contributed by atoms with E-state index in [2.05, 4.69) is 29.2 Å². The second-order valence-corrected chi connectivity index (χ2v) is 7.59. The van der Waals surface area contributed by atoms with E-state index in [-0.39, 0.29) is 18.3 Å². The number of aryl methyl sites for hydroxylation is 2. The van der Waals surface area contributed by atoms with Gasteiger partial charge in [-0.3, -0.25) is 14.4 Å². The van der Waals surface area contributed by atoms with Crippen molar-refractivity contribution in [1.82, 2.24) is 19.6 Å². The van der Waals surface area contributed by atoms with Crippen LogP contribution in [0.2, 0.25) is 0 Å². The molecule has 7 heteroatoms. The van der Waals surface area contributed by atoms with E-state index in [0.29, 0.717) is 23.6 Å². The van der Waals surface area contributed by atoms with E-state index in [4.69, 9.17) is 4.74 Å². The predicted molar refractivity (Wildman–Crippen MR) is 106 cm³/mol. The van der Waals surface area contributed by atoms with Crippen molar-refractivity contribution in [3.8, 4) is 5.75 Å². The molecule has 3 heterocycles. The molecule has 27 heavy (non-hydrogen) atoms. The van der Waals surface area contributed by atoms with E-state index in [1.807, 2.05) is 37.1 Å². The fourth-order valence-electron chi connectivity index (χ4n) is 4.55. The molecule has 146 valence electrons. The van der Waals surface area contributed by atoms with E-state index < -0.39 is 0 Å². The molecule has 0 unspecified atom stereocenters. The Bertz CT molecular complexity index is 800. The number of benzene rings is 1. The SMILES string of the molecule is COc1ccc([C@@H]2[C@@H]3CN(C(=O)c4cc(C)n(C)n4)C[C@@H]3CN2C)cc1.Cl. The van der Waals surface area contributed by atoms with Gasteiger partial charge in [0.25, 0.3) is 5.91 Å². The topological polar surface area (TPSA) is 50.6 Å². The molecule has 0 aliphatic carbocycles. The van der Waals surface area contributed by atoms with Crippen LogP contribution in [-0.4, -0.2) is 59.3 Å². The van der Waals surface area contributed by atoms with Gasteiger partial charge in [0.2, 0.25) is 0 Å². The highest BCUT2D eigenvalue weighted by atomic mass is 35.5. The van der Waals surface area contributed by atoms with Gasteiger partial charge in [-0.25, -0.2) is 0 Å². The number of carbonyl (C=O) groups excluding carboxylic acids is 1. The van der Waals surface area contributed by atoms with Crippen molar-refractivity contribution in [3.05, 3.63) is 47.3 Å². The average molecular weight is 391 g/mol. The van der Waals surface area contributed by atoms with Crippen LogP contribution in [0, 0.1) is 18.8 Å². The van der Waals surface area contributed by atoms with Gasteiger partial charge in [-0.05, 0) is 43.7 Å². The fourth-order valence-corrected chi connectivity index (χ4v) is 4.55. The maximum absolute atomic E-state index is 12.9. The first-order valence-electron chi connectivity index (χ1n) is 9.12. The number of hydrogen-bond acceptors (Lipinski definition) is 4. The van der Waals surface area contributed by atoms with Gasteiger partial charge in [-0.15, -0.1) is 12.4 Å². The van der Waals surface area contributed by atoms with Gasteiger partial charge in [0.15, 0.2) is 5.69 Å². The van der Waals surface area contributed by atoms with E-state index in [1.165, 1.54) is 5.56 Å². The van der Waals surface area contributed by atoms with Crippen LogP contribution in [0.5, 0.6) is 5.75 Å². The lowest BCUT2D eigenvalue weighted by Crippen LogP contribution is -2.33. The molecular formula is C20H27ClN4O2. The Morgan fingerprint density at radius 2 is 1.85 bits per heavy atom. The summed E-state index contributed by atoms with van der Waals surface area (Å²) >= 11 is 0. The minimum absolute atomic E-state index is 0. The largest absolute Gasteiger partial charge is 0.497 e. The Morgan fingerprint density at radius 1 is 1.15 bits per heavy atom. The molecule has 2 saturated heterocycles. The van der Waals surface area contributed by atoms with Gasteiger partial charge >= 0.3 is 0 Å². The van der Waals surface area contributed by atoms with Crippen LogP contribution in [0.3, 0.4) is 0 Å². The quantitative estimate of drug-likeness (QED) is 0.808. The Kier molecular flexibility index (Phi) is 5.49. The summed E-state index contributed by atoms with van der Waals surface area (Å²) in [6.07, 6.45) is 0. The summed E-state index contributed by atoms with van der Waals surface area (Å²) in [6.45, 7) is 4.60. The molecule has 2 fully saturated rings. The van der Waals surface area contributed by atoms with Gasteiger partial charge in [-0.1, -0.05) is 12.1 Å². The molecule has 2 aliphatic rings. The van der Waals surface area contributed by atoms with Crippen molar-refractivity contribution >= 4 is 18.3 Å². The zero-order chi connectivity index (χ0) is 18.4. The van der Waals surface area contributed by atoms with Gasteiger partial charge in [-0.2, -0.15) is 5.10 Å². The minimum Gasteiger partial charge on any atom is -0.497 e. The first-order valence-corrected chi connectivity index (χ1v) is 9.12. The number of aromatic nitrogens is 2. The van der Waals surface area contributed by atoms with Crippen molar-refractivity contribution in [1.29, 1.82) is 0 Å². The van der Waals surface area contributed by atoms with Gasteiger partial charge < -0.3 is 9.64 Å². The molecule has 0 N–H and O–H groups in total. The van der Waals surface area contributed by atoms with E-state index in [1.54, 1.807) is 11.8 Å². The lowest BCUT2D eigenvalue weighted by Gasteiger charge is -2.26. The maximum Gasteiger partial charge on any atom is 0.274 e. The van der Waals surface area contributed by atoms with Crippen LogP contribution in [-0.2, 0) is 7.05 Å². The molecular weight excluding hydrogens is 364 g/mol. The summed E-state index contributed by atoms with van der Waals surface area (Å²) in [7, 11) is 5.74. The number of ether oxygens (including phenoxy) is 1. The van der Waals surface area contributed by atoms with Crippen molar-refractivity contribution in [2.24, 2.45) is 18.9 Å². The maximum atomic E-state index is 12.9. The molecule has 0 radical (unpaired) electrons. The average Bonchev–Trinajstić information content (AvgIpc) is 3.27. The third-order valence-electron chi connectivity index (χ3n) is 5.97. The monoisotopic (exact) mass is 390 g/mol. The molecule has 4 rings (SSSR count). The number of carbonyl (C=O) groups is 1.